The summed E-state index contributed by atoms with van der Waals surface area (Å²) in [4.78, 5) is 7.41. The number of nitriles is 1. The molecule has 0 unspecified atom stereocenters. The number of nitrogens with one attached hydrogen (secondary N) is 2. The predicted octanol–water partition coefficient (Wildman–Crippen LogP) is 5.62. The Morgan fingerprint density at radius 1 is 1.15 bits per heavy atom. The van der Waals surface area contributed by atoms with Gasteiger partial charge in [-0.15, -0.1) is 0 Å². The van der Waals surface area contributed by atoms with Gasteiger partial charge in [-0.2, -0.15) is 5.26 Å². The molecule has 0 amide bonds. The van der Waals surface area contributed by atoms with E-state index in [4.69, 9.17) is 4.74 Å². The summed E-state index contributed by atoms with van der Waals surface area (Å²) in [6.45, 7) is 0. The van der Waals surface area contributed by atoms with E-state index in [1.54, 1.807) is 19.5 Å². The fourth-order valence-corrected chi connectivity index (χ4v) is 3.55. The quantitative estimate of drug-likeness (QED) is 0.451. The number of aromatic nitrogens is 2. The first-order valence-corrected chi connectivity index (χ1v) is 9.05. The van der Waals surface area contributed by atoms with Crippen LogP contribution in [0, 0.1) is 11.3 Å². The lowest BCUT2D eigenvalue weighted by atomic mass is 10.0. The molecule has 27 heavy (non-hydrogen) atoms. The van der Waals surface area contributed by atoms with E-state index in [9.17, 15) is 5.26 Å². The number of hydrogen-bond acceptors (Lipinski definition) is 4. The molecule has 0 aliphatic rings. The third kappa shape index (κ3) is 3.25. The van der Waals surface area contributed by atoms with Crippen LogP contribution in [0.1, 0.15) is 5.56 Å². The molecule has 0 fully saturated rings. The van der Waals surface area contributed by atoms with E-state index in [2.05, 4.69) is 37.3 Å². The predicted molar refractivity (Wildman–Crippen MR) is 110 cm³/mol. The Morgan fingerprint density at radius 3 is 2.81 bits per heavy atom. The molecule has 0 spiro atoms. The largest absolute Gasteiger partial charge is 0.496 e. The van der Waals surface area contributed by atoms with E-state index >= 15 is 0 Å². The molecule has 2 aromatic carbocycles. The van der Waals surface area contributed by atoms with Crippen LogP contribution in [0.4, 0.5) is 11.4 Å². The van der Waals surface area contributed by atoms with Gasteiger partial charge in [-0.1, -0.05) is 6.07 Å². The molecule has 0 saturated heterocycles. The Labute approximate surface area is 164 Å². The molecule has 2 aromatic heterocycles. The number of pyridine rings is 1. The molecule has 6 heteroatoms. The summed E-state index contributed by atoms with van der Waals surface area (Å²) in [5.74, 6) is 0.746. The third-order valence-electron chi connectivity index (χ3n) is 4.35. The van der Waals surface area contributed by atoms with E-state index in [-0.39, 0.29) is 0 Å². The molecule has 0 bridgehead atoms. The van der Waals surface area contributed by atoms with E-state index in [1.165, 1.54) is 0 Å². The second-order valence-corrected chi connectivity index (χ2v) is 6.83. The molecule has 0 saturated carbocycles. The van der Waals surface area contributed by atoms with Crippen molar-refractivity contribution in [1.29, 1.82) is 5.26 Å². The summed E-state index contributed by atoms with van der Waals surface area (Å²) in [6.07, 6.45) is 5.23. The SMILES string of the molecule is COc1ccc(-c2cncc(C#N)c2Nc2ccc3[nH]ccc3c2)cc1Br. The number of fused-ring (bicyclic) bond motifs is 1. The highest BCUT2D eigenvalue weighted by Gasteiger charge is 2.13. The van der Waals surface area contributed by atoms with Crippen molar-refractivity contribution < 1.29 is 4.74 Å². The number of aromatic amines is 1. The normalized spacial score (nSPS) is 10.6. The van der Waals surface area contributed by atoms with Crippen LogP contribution < -0.4 is 10.1 Å². The molecule has 2 heterocycles. The molecule has 0 atom stereocenters. The highest BCUT2D eigenvalue weighted by molar-refractivity contribution is 9.10. The zero-order valence-corrected chi connectivity index (χ0v) is 16.0. The molecular weight excluding hydrogens is 404 g/mol. The summed E-state index contributed by atoms with van der Waals surface area (Å²) in [5.41, 5.74) is 4.94. The minimum atomic E-state index is 0.480. The molecule has 0 radical (unpaired) electrons. The van der Waals surface area contributed by atoms with Crippen LogP contribution in [-0.2, 0) is 0 Å². The maximum absolute atomic E-state index is 9.58. The molecule has 0 aliphatic heterocycles. The maximum Gasteiger partial charge on any atom is 0.133 e. The fourth-order valence-electron chi connectivity index (χ4n) is 3.01. The second-order valence-electron chi connectivity index (χ2n) is 5.98. The van der Waals surface area contributed by atoms with Gasteiger partial charge < -0.3 is 15.0 Å². The Kier molecular flexibility index (Phi) is 4.53. The first kappa shape index (κ1) is 17.1. The molecule has 5 nitrogen and oxygen atoms in total. The lowest BCUT2D eigenvalue weighted by molar-refractivity contribution is 0.412. The Morgan fingerprint density at radius 2 is 2.04 bits per heavy atom. The Balaban J connectivity index is 1.81. The molecule has 4 aromatic rings. The van der Waals surface area contributed by atoms with Crippen LogP contribution in [0.15, 0.2) is 65.5 Å². The van der Waals surface area contributed by atoms with Crippen molar-refractivity contribution in [3.63, 3.8) is 0 Å². The highest BCUT2D eigenvalue weighted by Crippen LogP contribution is 2.36. The monoisotopic (exact) mass is 418 g/mol. The van der Waals surface area contributed by atoms with Gasteiger partial charge in [-0.05, 0) is 57.9 Å². The van der Waals surface area contributed by atoms with Crippen LogP contribution in [0.3, 0.4) is 0 Å². The second kappa shape index (κ2) is 7.14. The van der Waals surface area contributed by atoms with Crippen LogP contribution in [0.25, 0.3) is 22.0 Å². The van der Waals surface area contributed by atoms with Crippen molar-refractivity contribution in [2.24, 2.45) is 0 Å². The first-order chi connectivity index (χ1) is 13.2. The number of nitrogens with zero attached hydrogens (tertiary/aromatic N) is 2. The Bertz CT molecular complexity index is 1180. The summed E-state index contributed by atoms with van der Waals surface area (Å²) < 4.78 is 6.14. The standard InChI is InChI=1S/C21H15BrN4O/c1-27-20-5-2-13(9-18(20)22)17-12-24-11-15(10-23)21(17)26-16-3-4-19-14(8-16)6-7-25-19/h2-9,11-12,25H,1H3,(H,24,26). The molecule has 132 valence electrons. The molecule has 4 rings (SSSR count). The highest BCUT2D eigenvalue weighted by atomic mass is 79.9. The van der Waals surface area contributed by atoms with Crippen molar-refractivity contribution in [3.8, 4) is 22.9 Å². The summed E-state index contributed by atoms with van der Waals surface area (Å²) in [6, 6.07) is 16.1. The van der Waals surface area contributed by atoms with Gasteiger partial charge in [0.25, 0.3) is 0 Å². The number of rotatable bonds is 4. The molecular formula is C21H15BrN4O. The van der Waals surface area contributed by atoms with Gasteiger partial charge >= 0.3 is 0 Å². The van der Waals surface area contributed by atoms with Gasteiger partial charge in [0.05, 0.1) is 22.8 Å². The fraction of sp³-hybridized carbons (Fsp3) is 0.0476. The van der Waals surface area contributed by atoms with Crippen LogP contribution in [0.5, 0.6) is 5.75 Å². The molecule has 2 N–H and O–H groups in total. The number of methoxy groups -OCH3 is 1. The molecule has 0 aliphatic carbocycles. The average Bonchev–Trinajstić information content (AvgIpc) is 3.16. The zero-order chi connectivity index (χ0) is 18.8. The number of benzene rings is 2. The van der Waals surface area contributed by atoms with Gasteiger partial charge in [0.2, 0.25) is 0 Å². The van der Waals surface area contributed by atoms with Crippen molar-refractivity contribution in [2.75, 3.05) is 12.4 Å². The van der Waals surface area contributed by atoms with E-state index in [0.717, 1.165) is 43.6 Å². The number of anilines is 2. The van der Waals surface area contributed by atoms with Gasteiger partial charge in [0, 0.05) is 40.7 Å². The number of hydrogen-bond donors (Lipinski definition) is 2. The van der Waals surface area contributed by atoms with Crippen molar-refractivity contribution in [3.05, 3.63) is 71.1 Å². The van der Waals surface area contributed by atoms with Gasteiger partial charge in [0.1, 0.15) is 11.8 Å². The van der Waals surface area contributed by atoms with Crippen LogP contribution in [-0.4, -0.2) is 17.1 Å². The minimum absolute atomic E-state index is 0.480. The number of halogens is 1. The van der Waals surface area contributed by atoms with Crippen molar-refractivity contribution in [1.82, 2.24) is 9.97 Å². The Hall–Kier alpha value is -3.30. The average molecular weight is 419 g/mol. The minimum Gasteiger partial charge on any atom is -0.496 e. The summed E-state index contributed by atoms with van der Waals surface area (Å²) in [7, 11) is 1.63. The smallest absolute Gasteiger partial charge is 0.133 e. The van der Waals surface area contributed by atoms with Crippen molar-refractivity contribution in [2.45, 2.75) is 0 Å². The van der Waals surface area contributed by atoms with Crippen LogP contribution >= 0.6 is 15.9 Å². The van der Waals surface area contributed by atoms with Gasteiger partial charge in [-0.3, -0.25) is 4.98 Å². The van der Waals surface area contributed by atoms with E-state index in [1.807, 2.05) is 48.7 Å². The first-order valence-electron chi connectivity index (χ1n) is 8.26. The topological polar surface area (TPSA) is 73.7 Å². The zero-order valence-electron chi connectivity index (χ0n) is 14.5. The third-order valence-corrected chi connectivity index (χ3v) is 4.97. The van der Waals surface area contributed by atoms with Gasteiger partial charge in [-0.25, -0.2) is 0 Å². The number of ether oxygens (including phenoxy) is 1. The van der Waals surface area contributed by atoms with Crippen LogP contribution in [0.2, 0.25) is 0 Å². The van der Waals surface area contributed by atoms with Crippen molar-refractivity contribution >= 4 is 38.2 Å². The summed E-state index contributed by atoms with van der Waals surface area (Å²) >= 11 is 3.52. The van der Waals surface area contributed by atoms with E-state index < -0.39 is 0 Å². The van der Waals surface area contributed by atoms with Gasteiger partial charge in [0.15, 0.2) is 0 Å². The van der Waals surface area contributed by atoms with E-state index in [0.29, 0.717) is 5.56 Å². The summed E-state index contributed by atoms with van der Waals surface area (Å²) in [5, 5.41) is 14.1. The lowest BCUT2D eigenvalue weighted by Crippen LogP contribution is -1.98. The maximum atomic E-state index is 9.58. The number of H-pyrrole nitrogens is 1. The lowest BCUT2D eigenvalue weighted by Gasteiger charge is -2.14.